The van der Waals surface area contributed by atoms with Gasteiger partial charge in [-0.3, -0.25) is 0 Å². The SMILES string of the molecule is c1c[nH]c(CCCNc2ccn3nccc3n2)n1. The fourth-order valence-electron chi connectivity index (χ4n) is 1.82. The van der Waals surface area contributed by atoms with Crippen molar-refractivity contribution in [3.8, 4) is 0 Å². The van der Waals surface area contributed by atoms with Crippen LogP contribution in [0.4, 0.5) is 5.82 Å². The topological polar surface area (TPSA) is 70.9 Å². The third-order valence-electron chi connectivity index (χ3n) is 2.71. The van der Waals surface area contributed by atoms with E-state index in [4.69, 9.17) is 0 Å². The van der Waals surface area contributed by atoms with E-state index in [2.05, 4.69) is 25.4 Å². The Kier molecular flexibility index (Phi) is 2.91. The molecule has 0 saturated heterocycles. The highest BCUT2D eigenvalue weighted by molar-refractivity contribution is 5.45. The fourth-order valence-corrected chi connectivity index (χ4v) is 1.82. The number of H-pyrrole nitrogens is 1. The Labute approximate surface area is 104 Å². The van der Waals surface area contributed by atoms with Gasteiger partial charge in [0, 0.05) is 37.6 Å². The lowest BCUT2D eigenvalue weighted by atomic mass is 10.3. The van der Waals surface area contributed by atoms with Gasteiger partial charge < -0.3 is 10.3 Å². The third kappa shape index (κ3) is 2.32. The van der Waals surface area contributed by atoms with Gasteiger partial charge in [-0.25, -0.2) is 14.5 Å². The van der Waals surface area contributed by atoms with E-state index in [-0.39, 0.29) is 0 Å². The Hall–Kier alpha value is -2.37. The summed E-state index contributed by atoms with van der Waals surface area (Å²) in [5.41, 5.74) is 0.853. The molecule has 3 aromatic rings. The Morgan fingerprint density at radius 3 is 3.17 bits per heavy atom. The lowest BCUT2D eigenvalue weighted by Crippen LogP contribution is -2.05. The van der Waals surface area contributed by atoms with Gasteiger partial charge in [-0.05, 0) is 12.5 Å². The molecule has 3 rings (SSSR count). The van der Waals surface area contributed by atoms with Crippen LogP contribution in [0.25, 0.3) is 5.65 Å². The maximum Gasteiger partial charge on any atom is 0.157 e. The zero-order valence-corrected chi connectivity index (χ0v) is 9.87. The predicted molar refractivity (Wildman–Crippen MR) is 68.4 cm³/mol. The summed E-state index contributed by atoms with van der Waals surface area (Å²) in [6, 6.07) is 3.81. The summed E-state index contributed by atoms with van der Waals surface area (Å²) in [6.07, 6.45) is 9.21. The molecule has 0 fully saturated rings. The van der Waals surface area contributed by atoms with Crippen molar-refractivity contribution in [3.05, 3.63) is 42.7 Å². The first-order chi connectivity index (χ1) is 8.92. The van der Waals surface area contributed by atoms with Crippen LogP contribution in [0.15, 0.2) is 36.9 Å². The van der Waals surface area contributed by atoms with Crippen LogP contribution in [0.2, 0.25) is 0 Å². The standard InChI is InChI=1S/C12H14N6/c1(2-10-14-7-8-15-10)5-13-11-4-9-18-12(17-11)3-6-16-18/h3-4,6-9H,1-2,5H2,(H,13,17)(H,14,15). The highest BCUT2D eigenvalue weighted by Crippen LogP contribution is 2.06. The van der Waals surface area contributed by atoms with E-state index in [9.17, 15) is 0 Å². The van der Waals surface area contributed by atoms with Gasteiger partial charge in [0.05, 0.1) is 6.20 Å². The van der Waals surface area contributed by atoms with Gasteiger partial charge in [0.15, 0.2) is 5.65 Å². The zero-order chi connectivity index (χ0) is 12.2. The second kappa shape index (κ2) is 4.87. The summed E-state index contributed by atoms with van der Waals surface area (Å²) in [5, 5.41) is 7.40. The van der Waals surface area contributed by atoms with Crippen molar-refractivity contribution < 1.29 is 0 Å². The van der Waals surface area contributed by atoms with Gasteiger partial charge >= 0.3 is 0 Å². The fraction of sp³-hybridized carbons (Fsp3) is 0.250. The Bertz CT molecular complexity index is 612. The van der Waals surface area contributed by atoms with Gasteiger partial charge in [0.1, 0.15) is 11.6 Å². The van der Waals surface area contributed by atoms with Crippen LogP contribution in [0, 0.1) is 0 Å². The largest absolute Gasteiger partial charge is 0.370 e. The van der Waals surface area contributed by atoms with Crippen LogP contribution in [0.5, 0.6) is 0 Å². The lowest BCUT2D eigenvalue weighted by Gasteiger charge is -2.04. The molecule has 3 aromatic heterocycles. The summed E-state index contributed by atoms with van der Waals surface area (Å²) < 4.78 is 1.74. The van der Waals surface area contributed by atoms with E-state index in [0.29, 0.717) is 0 Å². The number of aromatic amines is 1. The number of hydrogen-bond donors (Lipinski definition) is 2. The number of aromatic nitrogens is 5. The maximum atomic E-state index is 4.44. The quantitative estimate of drug-likeness (QED) is 0.665. The van der Waals surface area contributed by atoms with Gasteiger partial charge in [0.25, 0.3) is 0 Å². The summed E-state index contributed by atoms with van der Waals surface area (Å²) in [5.74, 6) is 1.90. The van der Waals surface area contributed by atoms with Crippen molar-refractivity contribution in [2.24, 2.45) is 0 Å². The minimum absolute atomic E-state index is 0.853. The van der Waals surface area contributed by atoms with Crippen LogP contribution < -0.4 is 5.32 Å². The van der Waals surface area contributed by atoms with Crippen molar-refractivity contribution >= 4 is 11.5 Å². The molecule has 0 atom stereocenters. The van der Waals surface area contributed by atoms with Crippen molar-refractivity contribution in [1.29, 1.82) is 0 Å². The molecule has 0 aliphatic rings. The summed E-state index contributed by atoms with van der Waals surface area (Å²) in [7, 11) is 0. The van der Waals surface area contributed by atoms with E-state index in [0.717, 1.165) is 36.7 Å². The molecule has 0 amide bonds. The Morgan fingerprint density at radius 2 is 2.28 bits per heavy atom. The average molecular weight is 242 g/mol. The minimum Gasteiger partial charge on any atom is -0.370 e. The van der Waals surface area contributed by atoms with E-state index >= 15 is 0 Å². The molecule has 6 nitrogen and oxygen atoms in total. The molecule has 92 valence electrons. The van der Waals surface area contributed by atoms with Crippen molar-refractivity contribution in [2.45, 2.75) is 12.8 Å². The van der Waals surface area contributed by atoms with Crippen molar-refractivity contribution in [2.75, 3.05) is 11.9 Å². The highest BCUT2D eigenvalue weighted by atomic mass is 15.2. The molecule has 0 radical (unpaired) electrons. The number of rotatable bonds is 5. The molecule has 0 saturated carbocycles. The monoisotopic (exact) mass is 242 g/mol. The third-order valence-corrected chi connectivity index (χ3v) is 2.71. The van der Waals surface area contributed by atoms with Gasteiger partial charge in [-0.2, -0.15) is 5.10 Å². The molecule has 0 unspecified atom stereocenters. The summed E-state index contributed by atoms with van der Waals surface area (Å²) in [4.78, 5) is 11.7. The van der Waals surface area contributed by atoms with Gasteiger partial charge in [0.2, 0.25) is 0 Å². The number of nitrogens with zero attached hydrogens (tertiary/aromatic N) is 4. The molecule has 0 aromatic carbocycles. The number of hydrogen-bond acceptors (Lipinski definition) is 4. The normalized spacial score (nSPS) is 10.9. The number of fused-ring (bicyclic) bond motifs is 1. The molecule has 2 N–H and O–H groups in total. The number of anilines is 1. The van der Waals surface area contributed by atoms with Crippen LogP contribution in [0.3, 0.4) is 0 Å². The van der Waals surface area contributed by atoms with Crippen molar-refractivity contribution in [1.82, 2.24) is 24.6 Å². The van der Waals surface area contributed by atoms with Crippen LogP contribution in [0.1, 0.15) is 12.2 Å². The molecule has 0 aliphatic carbocycles. The summed E-state index contributed by atoms with van der Waals surface area (Å²) in [6.45, 7) is 0.873. The average Bonchev–Trinajstić information content (AvgIpc) is 3.05. The van der Waals surface area contributed by atoms with Crippen LogP contribution >= 0.6 is 0 Å². The van der Waals surface area contributed by atoms with Gasteiger partial charge in [-0.15, -0.1) is 0 Å². The molecular weight excluding hydrogens is 228 g/mol. The number of aryl methyl sites for hydroxylation is 1. The van der Waals surface area contributed by atoms with E-state index < -0.39 is 0 Å². The van der Waals surface area contributed by atoms with E-state index in [1.165, 1.54) is 0 Å². The minimum atomic E-state index is 0.853. The van der Waals surface area contributed by atoms with Crippen molar-refractivity contribution in [3.63, 3.8) is 0 Å². The van der Waals surface area contributed by atoms with E-state index in [1.54, 1.807) is 16.9 Å². The first kappa shape index (κ1) is 10.8. The Balaban J connectivity index is 1.53. The second-order valence-electron chi connectivity index (χ2n) is 4.01. The highest BCUT2D eigenvalue weighted by Gasteiger charge is 1.98. The molecule has 18 heavy (non-hydrogen) atoms. The molecule has 0 aliphatic heterocycles. The molecule has 6 heteroatoms. The zero-order valence-electron chi connectivity index (χ0n) is 9.87. The second-order valence-corrected chi connectivity index (χ2v) is 4.01. The van der Waals surface area contributed by atoms with Crippen LogP contribution in [-0.2, 0) is 6.42 Å². The maximum absolute atomic E-state index is 4.44. The smallest absolute Gasteiger partial charge is 0.157 e. The summed E-state index contributed by atoms with van der Waals surface area (Å²) >= 11 is 0. The van der Waals surface area contributed by atoms with Gasteiger partial charge in [-0.1, -0.05) is 0 Å². The number of imidazole rings is 1. The Morgan fingerprint density at radius 1 is 1.28 bits per heavy atom. The molecule has 0 bridgehead atoms. The molecule has 0 spiro atoms. The van der Waals surface area contributed by atoms with Crippen LogP contribution in [-0.4, -0.2) is 31.1 Å². The lowest BCUT2D eigenvalue weighted by molar-refractivity contribution is 0.813. The molecule has 3 heterocycles. The molecular formula is C12H14N6. The first-order valence-electron chi connectivity index (χ1n) is 5.94. The number of nitrogens with one attached hydrogen (secondary N) is 2. The van der Waals surface area contributed by atoms with E-state index in [1.807, 2.05) is 24.5 Å². The predicted octanol–water partition coefficient (Wildman–Crippen LogP) is 1.50. The first-order valence-corrected chi connectivity index (χ1v) is 5.94.